The van der Waals surface area contributed by atoms with Crippen LogP contribution in [0.4, 0.5) is 0 Å². The average Bonchev–Trinajstić information content (AvgIpc) is 2.83. The smallest absolute Gasteiger partial charge is 0.242 e. The molecule has 0 aliphatic carbocycles. The Kier molecular flexibility index (Phi) is 4.39. The first-order valence-electron chi connectivity index (χ1n) is 4.82. The summed E-state index contributed by atoms with van der Waals surface area (Å²) >= 11 is 10.4. The lowest BCUT2D eigenvalue weighted by Gasteiger charge is -2.06. The van der Waals surface area contributed by atoms with E-state index >= 15 is 0 Å². The summed E-state index contributed by atoms with van der Waals surface area (Å²) in [6, 6.07) is 5.16. The SMILES string of the molecule is O=S(=O)(NCc1cccs1)c1cnc(Cl)c(Br)c1. The van der Waals surface area contributed by atoms with E-state index in [2.05, 4.69) is 25.6 Å². The molecule has 2 aromatic rings. The van der Waals surface area contributed by atoms with Crippen molar-refractivity contribution in [2.75, 3.05) is 0 Å². The van der Waals surface area contributed by atoms with Crippen LogP contribution in [0.5, 0.6) is 0 Å². The van der Waals surface area contributed by atoms with Crippen molar-refractivity contribution in [1.82, 2.24) is 9.71 Å². The minimum absolute atomic E-state index is 0.0790. The Labute approximate surface area is 122 Å². The van der Waals surface area contributed by atoms with Crippen LogP contribution in [0.1, 0.15) is 4.88 Å². The normalized spacial score (nSPS) is 11.7. The molecule has 0 atom stereocenters. The molecule has 1 N–H and O–H groups in total. The van der Waals surface area contributed by atoms with E-state index in [1.165, 1.54) is 23.6 Å². The summed E-state index contributed by atoms with van der Waals surface area (Å²) in [5.74, 6) is 0. The summed E-state index contributed by atoms with van der Waals surface area (Å²) in [4.78, 5) is 4.81. The van der Waals surface area contributed by atoms with E-state index in [4.69, 9.17) is 11.6 Å². The molecule has 0 spiro atoms. The van der Waals surface area contributed by atoms with E-state index in [1.54, 1.807) is 0 Å². The fourth-order valence-corrected chi connectivity index (χ4v) is 3.53. The van der Waals surface area contributed by atoms with E-state index in [9.17, 15) is 8.42 Å². The zero-order valence-electron chi connectivity index (χ0n) is 8.93. The maximum absolute atomic E-state index is 12.0. The molecule has 0 bridgehead atoms. The number of thiophene rings is 1. The van der Waals surface area contributed by atoms with Crippen LogP contribution in [0.25, 0.3) is 0 Å². The van der Waals surface area contributed by atoms with Gasteiger partial charge in [-0.1, -0.05) is 17.7 Å². The number of halogens is 2. The number of nitrogens with zero attached hydrogens (tertiary/aromatic N) is 1. The molecule has 8 heteroatoms. The van der Waals surface area contributed by atoms with Crippen molar-refractivity contribution in [1.29, 1.82) is 0 Å². The highest BCUT2D eigenvalue weighted by Gasteiger charge is 2.15. The lowest BCUT2D eigenvalue weighted by molar-refractivity contribution is 0.581. The molecule has 0 saturated heterocycles. The zero-order valence-corrected chi connectivity index (χ0v) is 12.9. The van der Waals surface area contributed by atoms with E-state index in [0.717, 1.165) is 4.88 Å². The van der Waals surface area contributed by atoms with Gasteiger partial charge in [0.25, 0.3) is 0 Å². The van der Waals surface area contributed by atoms with Gasteiger partial charge in [0.15, 0.2) is 0 Å². The van der Waals surface area contributed by atoms with E-state index in [1.807, 2.05) is 17.5 Å². The van der Waals surface area contributed by atoms with Gasteiger partial charge in [0.1, 0.15) is 10.0 Å². The maximum atomic E-state index is 12.0. The van der Waals surface area contributed by atoms with Crippen LogP contribution in [0.3, 0.4) is 0 Å². The third-order valence-electron chi connectivity index (χ3n) is 2.10. The lowest BCUT2D eigenvalue weighted by atomic mass is 10.5. The fourth-order valence-electron chi connectivity index (χ4n) is 1.21. The molecule has 0 fully saturated rings. The Morgan fingerprint density at radius 1 is 1.50 bits per heavy atom. The van der Waals surface area contributed by atoms with Crippen LogP contribution in [-0.2, 0) is 16.6 Å². The summed E-state index contributed by atoms with van der Waals surface area (Å²) in [6.07, 6.45) is 1.23. The molecule has 0 aliphatic heterocycles. The highest BCUT2D eigenvalue weighted by atomic mass is 79.9. The van der Waals surface area contributed by atoms with Gasteiger partial charge in [0, 0.05) is 17.6 Å². The molecule has 0 aliphatic rings. The predicted octanol–water partition coefficient (Wildman–Crippen LogP) is 3.04. The minimum atomic E-state index is -3.57. The molecular weight excluding hydrogens is 360 g/mol. The number of hydrogen-bond donors (Lipinski definition) is 1. The van der Waals surface area contributed by atoms with Gasteiger partial charge in [-0.25, -0.2) is 18.1 Å². The molecule has 0 radical (unpaired) electrons. The lowest BCUT2D eigenvalue weighted by Crippen LogP contribution is -2.23. The van der Waals surface area contributed by atoms with Gasteiger partial charge in [0.05, 0.1) is 4.47 Å². The van der Waals surface area contributed by atoms with Crippen molar-refractivity contribution in [3.05, 3.63) is 44.3 Å². The number of sulfonamides is 1. The van der Waals surface area contributed by atoms with Gasteiger partial charge in [-0.05, 0) is 33.4 Å². The summed E-state index contributed by atoms with van der Waals surface area (Å²) in [5.41, 5.74) is 0. The first-order valence-corrected chi connectivity index (χ1v) is 8.35. The van der Waals surface area contributed by atoms with Crippen molar-refractivity contribution in [2.24, 2.45) is 0 Å². The summed E-state index contributed by atoms with van der Waals surface area (Å²) < 4.78 is 26.9. The quantitative estimate of drug-likeness (QED) is 0.845. The molecule has 0 amide bonds. The fraction of sp³-hybridized carbons (Fsp3) is 0.100. The number of rotatable bonds is 4. The third kappa shape index (κ3) is 3.30. The maximum Gasteiger partial charge on any atom is 0.242 e. The third-order valence-corrected chi connectivity index (χ3v) is 5.48. The second-order valence-electron chi connectivity index (χ2n) is 3.35. The molecule has 4 nitrogen and oxygen atoms in total. The molecule has 2 rings (SSSR count). The van der Waals surface area contributed by atoms with Crippen LogP contribution in [-0.4, -0.2) is 13.4 Å². The number of nitrogens with one attached hydrogen (secondary N) is 1. The highest BCUT2D eigenvalue weighted by Crippen LogP contribution is 2.22. The molecular formula is C10H8BrClN2O2S2. The van der Waals surface area contributed by atoms with Crippen molar-refractivity contribution in [3.63, 3.8) is 0 Å². The number of pyridine rings is 1. The van der Waals surface area contributed by atoms with Crippen LogP contribution >= 0.6 is 38.9 Å². The first kappa shape index (κ1) is 14.0. The summed E-state index contributed by atoms with van der Waals surface area (Å²) in [5, 5.41) is 2.12. The van der Waals surface area contributed by atoms with Crippen LogP contribution in [0.2, 0.25) is 5.15 Å². The molecule has 96 valence electrons. The minimum Gasteiger partial charge on any atom is -0.242 e. The van der Waals surface area contributed by atoms with Gasteiger partial charge in [-0.15, -0.1) is 11.3 Å². The Hall–Kier alpha value is -0.470. The van der Waals surface area contributed by atoms with Gasteiger partial charge < -0.3 is 0 Å². The second kappa shape index (κ2) is 5.66. The first-order chi connectivity index (χ1) is 8.49. The Morgan fingerprint density at radius 2 is 2.28 bits per heavy atom. The largest absolute Gasteiger partial charge is 0.242 e. The van der Waals surface area contributed by atoms with Crippen molar-refractivity contribution in [3.8, 4) is 0 Å². The van der Waals surface area contributed by atoms with Crippen LogP contribution in [0, 0.1) is 0 Å². The summed E-state index contributed by atoms with van der Waals surface area (Å²) in [7, 11) is -3.57. The number of aromatic nitrogens is 1. The van der Waals surface area contributed by atoms with E-state index < -0.39 is 10.0 Å². The van der Waals surface area contributed by atoms with Gasteiger partial charge in [0.2, 0.25) is 10.0 Å². The van der Waals surface area contributed by atoms with Crippen LogP contribution < -0.4 is 4.72 Å². The molecule has 0 unspecified atom stereocenters. The number of hydrogen-bond acceptors (Lipinski definition) is 4. The van der Waals surface area contributed by atoms with Gasteiger partial charge >= 0.3 is 0 Å². The second-order valence-corrected chi connectivity index (χ2v) is 7.36. The van der Waals surface area contributed by atoms with Crippen LogP contribution in [0.15, 0.2) is 39.1 Å². The van der Waals surface area contributed by atoms with Gasteiger partial charge in [-0.3, -0.25) is 0 Å². The van der Waals surface area contributed by atoms with Gasteiger partial charge in [-0.2, -0.15) is 0 Å². The monoisotopic (exact) mass is 366 g/mol. The van der Waals surface area contributed by atoms with E-state index in [0.29, 0.717) is 4.47 Å². The molecule has 18 heavy (non-hydrogen) atoms. The van der Waals surface area contributed by atoms with Crippen molar-refractivity contribution < 1.29 is 8.42 Å². The van der Waals surface area contributed by atoms with Crippen molar-refractivity contribution in [2.45, 2.75) is 11.4 Å². The average molecular weight is 368 g/mol. The summed E-state index contributed by atoms with van der Waals surface area (Å²) in [6.45, 7) is 0.264. The molecule has 0 saturated carbocycles. The molecule has 0 aromatic carbocycles. The Morgan fingerprint density at radius 3 is 2.89 bits per heavy atom. The standard InChI is InChI=1S/C10H8BrClN2O2S2/c11-9-4-8(6-13-10(9)12)18(15,16)14-5-7-2-1-3-17-7/h1-4,6,14H,5H2. The Bertz CT molecular complexity index is 644. The molecule has 2 heterocycles. The van der Waals surface area contributed by atoms with E-state index in [-0.39, 0.29) is 16.6 Å². The highest BCUT2D eigenvalue weighted by molar-refractivity contribution is 9.10. The molecule has 2 aromatic heterocycles. The zero-order chi connectivity index (χ0) is 13.2. The Balaban J connectivity index is 2.17. The topological polar surface area (TPSA) is 59.1 Å². The van der Waals surface area contributed by atoms with Crippen molar-refractivity contribution >= 4 is 48.9 Å². The predicted molar refractivity (Wildman–Crippen MR) is 75.3 cm³/mol.